The van der Waals surface area contributed by atoms with Crippen molar-refractivity contribution >= 4 is 45.8 Å². The van der Waals surface area contributed by atoms with Gasteiger partial charge in [0.1, 0.15) is 11.5 Å². The van der Waals surface area contributed by atoms with E-state index in [4.69, 9.17) is 16.6 Å². The van der Waals surface area contributed by atoms with Gasteiger partial charge in [0.05, 0.1) is 16.6 Å². The Morgan fingerprint density at radius 1 is 1.12 bits per heavy atom. The van der Waals surface area contributed by atoms with Crippen molar-refractivity contribution in [2.75, 3.05) is 0 Å². The number of ketones is 2. The molecule has 0 unspecified atom stereocenters. The van der Waals surface area contributed by atoms with Crippen LogP contribution in [-0.4, -0.2) is 27.2 Å². The van der Waals surface area contributed by atoms with Gasteiger partial charge in [-0.15, -0.1) is 11.3 Å². The van der Waals surface area contributed by atoms with E-state index in [-0.39, 0.29) is 18.0 Å². The molecule has 7 heteroatoms. The summed E-state index contributed by atoms with van der Waals surface area (Å²) >= 11 is 7.62. The molecule has 0 bridgehead atoms. The van der Waals surface area contributed by atoms with Gasteiger partial charge in [-0.2, -0.15) is 0 Å². The maximum absolute atomic E-state index is 13.4. The normalized spacial score (nSPS) is 16.8. The van der Waals surface area contributed by atoms with E-state index in [0.29, 0.717) is 23.6 Å². The highest BCUT2D eigenvalue weighted by Gasteiger charge is 2.45. The summed E-state index contributed by atoms with van der Waals surface area (Å²) in [5.41, 5.74) is 7.23. The molecule has 0 amide bonds. The van der Waals surface area contributed by atoms with Crippen molar-refractivity contribution in [2.24, 2.45) is 4.99 Å². The zero-order chi connectivity index (χ0) is 23.7. The van der Waals surface area contributed by atoms with Crippen LogP contribution in [0.15, 0.2) is 64.2 Å². The average Bonchev–Trinajstić information content (AvgIpc) is 3.44. The first-order valence-corrected chi connectivity index (χ1v) is 12.7. The molecule has 5 rings (SSSR count). The highest BCUT2D eigenvalue weighted by atomic mass is 35.5. The number of Topliss-reactive ketones (excluding diaryl/α,β-unsaturated/α-hetero) is 2. The van der Waals surface area contributed by atoms with E-state index in [1.54, 1.807) is 17.1 Å². The van der Waals surface area contributed by atoms with Gasteiger partial charge in [-0.3, -0.25) is 19.6 Å². The standard InChI is InChI=1S/C27H24ClN3O2S/c1-17-22(23-7-6-18(14-29-23)10-25(32)24-15-34-16-30-24)12-21(31-17)13-26(33)27(8-3-9-27)19-4-2-5-20(28)11-19/h2,4-7,11,14-16H,3,8-10,12-13H2,1H3. The van der Waals surface area contributed by atoms with Crippen molar-refractivity contribution in [1.29, 1.82) is 0 Å². The topological polar surface area (TPSA) is 72.3 Å². The van der Waals surface area contributed by atoms with Gasteiger partial charge in [-0.05, 0) is 49.1 Å². The van der Waals surface area contributed by atoms with Gasteiger partial charge < -0.3 is 0 Å². The molecule has 172 valence electrons. The van der Waals surface area contributed by atoms with Gasteiger partial charge in [0.25, 0.3) is 0 Å². The van der Waals surface area contributed by atoms with Crippen LogP contribution in [0, 0.1) is 0 Å². The second-order valence-electron chi connectivity index (χ2n) is 8.99. The third kappa shape index (κ3) is 4.40. The van der Waals surface area contributed by atoms with Crippen molar-refractivity contribution in [3.63, 3.8) is 0 Å². The lowest BCUT2D eigenvalue weighted by Gasteiger charge is -2.41. The van der Waals surface area contributed by atoms with Crippen LogP contribution in [0.4, 0.5) is 0 Å². The molecule has 5 nitrogen and oxygen atoms in total. The molecule has 1 aromatic carbocycles. The Labute approximate surface area is 207 Å². The first-order valence-electron chi connectivity index (χ1n) is 11.4. The number of carbonyl (C=O) groups excluding carboxylic acids is 2. The zero-order valence-electron chi connectivity index (χ0n) is 18.9. The molecular weight excluding hydrogens is 466 g/mol. The second kappa shape index (κ2) is 9.35. The first kappa shape index (κ1) is 22.8. The van der Waals surface area contributed by atoms with E-state index in [1.165, 1.54) is 11.3 Å². The van der Waals surface area contributed by atoms with Gasteiger partial charge in [0, 0.05) is 52.8 Å². The average molecular weight is 490 g/mol. The molecule has 1 aliphatic heterocycles. The molecule has 0 radical (unpaired) electrons. The van der Waals surface area contributed by atoms with Crippen molar-refractivity contribution in [3.8, 4) is 0 Å². The minimum Gasteiger partial charge on any atom is -0.298 e. The van der Waals surface area contributed by atoms with Crippen LogP contribution >= 0.6 is 22.9 Å². The van der Waals surface area contributed by atoms with Crippen molar-refractivity contribution in [2.45, 2.75) is 50.9 Å². The van der Waals surface area contributed by atoms with Crippen LogP contribution in [0.2, 0.25) is 5.02 Å². The number of aliphatic imine (C=N–C) groups is 1. The van der Waals surface area contributed by atoms with Gasteiger partial charge >= 0.3 is 0 Å². The Kier molecular flexibility index (Phi) is 6.28. The Morgan fingerprint density at radius 2 is 1.97 bits per heavy atom. The third-order valence-corrected chi connectivity index (χ3v) is 7.66. The summed E-state index contributed by atoms with van der Waals surface area (Å²) < 4.78 is 0. The summed E-state index contributed by atoms with van der Waals surface area (Å²) in [4.78, 5) is 39.1. The summed E-state index contributed by atoms with van der Waals surface area (Å²) in [5.74, 6) is 0.207. The number of rotatable bonds is 8. The van der Waals surface area contributed by atoms with Crippen LogP contribution in [0.25, 0.3) is 5.57 Å². The van der Waals surface area contributed by atoms with Crippen LogP contribution in [0.3, 0.4) is 0 Å². The maximum Gasteiger partial charge on any atom is 0.186 e. The number of aromatic nitrogens is 2. The molecule has 1 fully saturated rings. The van der Waals surface area contributed by atoms with Crippen LogP contribution in [0.5, 0.6) is 0 Å². The van der Waals surface area contributed by atoms with Crippen LogP contribution in [0.1, 0.15) is 66.3 Å². The summed E-state index contributed by atoms with van der Waals surface area (Å²) in [7, 11) is 0. The fourth-order valence-corrected chi connectivity index (χ4v) is 5.53. The minimum absolute atomic E-state index is 0.0131. The van der Waals surface area contributed by atoms with Crippen molar-refractivity contribution < 1.29 is 9.59 Å². The van der Waals surface area contributed by atoms with Gasteiger partial charge in [0.2, 0.25) is 0 Å². The number of hydrogen-bond acceptors (Lipinski definition) is 6. The van der Waals surface area contributed by atoms with Crippen molar-refractivity contribution in [3.05, 3.63) is 86.7 Å². The van der Waals surface area contributed by atoms with E-state index in [1.807, 2.05) is 43.3 Å². The monoisotopic (exact) mass is 489 g/mol. The number of nitrogens with zero attached hydrogens (tertiary/aromatic N) is 3. The van der Waals surface area contributed by atoms with Gasteiger partial charge in [-0.25, -0.2) is 4.98 Å². The lowest BCUT2D eigenvalue weighted by Crippen LogP contribution is -2.43. The molecule has 3 aromatic rings. The number of thiazole rings is 1. The van der Waals surface area contributed by atoms with Gasteiger partial charge in [0.15, 0.2) is 5.78 Å². The molecule has 2 aliphatic rings. The molecule has 0 atom stereocenters. The maximum atomic E-state index is 13.4. The SMILES string of the molecule is CC1=C(c2ccc(CC(=O)c3cscn3)cn2)CC(CC(=O)C2(c3cccc(Cl)c3)CCC2)=N1. The molecular formula is C27H24ClN3O2S. The fraction of sp³-hybridized carbons (Fsp3) is 0.296. The molecule has 0 spiro atoms. The second-order valence-corrected chi connectivity index (χ2v) is 10.1. The largest absolute Gasteiger partial charge is 0.298 e. The molecule has 0 N–H and O–H groups in total. The first-order chi connectivity index (χ1) is 16.4. The van der Waals surface area contributed by atoms with E-state index in [2.05, 4.69) is 9.97 Å². The van der Waals surface area contributed by atoms with Crippen molar-refractivity contribution in [1.82, 2.24) is 9.97 Å². The number of allylic oxidation sites excluding steroid dienone is 2. The third-order valence-electron chi connectivity index (χ3n) is 6.84. The van der Waals surface area contributed by atoms with E-state index in [9.17, 15) is 9.59 Å². The molecule has 1 aliphatic carbocycles. The van der Waals surface area contributed by atoms with E-state index < -0.39 is 5.41 Å². The van der Waals surface area contributed by atoms with Crippen LogP contribution < -0.4 is 0 Å². The Morgan fingerprint density at radius 3 is 2.62 bits per heavy atom. The quantitative estimate of drug-likeness (QED) is 0.349. The highest BCUT2D eigenvalue weighted by molar-refractivity contribution is 7.07. The number of hydrogen-bond donors (Lipinski definition) is 0. The lowest BCUT2D eigenvalue weighted by atomic mass is 9.61. The highest BCUT2D eigenvalue weighted by Crippen LogP contribution is 2.46. The Bertz CT molecular complexity index is 1310. The molecule has 3 heterocycles. The van der Waals surface area contributed by atoms with Gasteiger partial charge in [-0.1, -0.05) is 36.2 Å². The Hall–Kier alpha value is -2.96. The smallest absolute Gasteiger partial charge is 0.186 e. The predicted octanol–water partition coefficient (Wildman–Crippen LogP) is 6.27. The lowest BCUT2D eigenvalue weighted by molar-refractivity contribution is -0.126. The summed E-state index contributed by atoms with van der Waals surface area (Å²) in [6.07, 6.45) is 5.75. The molecule has 0 saturated heterocycles. The fourth-order valence-electron chi connectivity index (χ4n) is 4.79. The zero-order valence-corrected chi connectivity index (χ0v) is 20.5. The predicted molar refractivity (Wildman–Crippen MR) is 136 cm³/mol. The summed E-state index contributed by atoms with van der Waals surface area (Å²) in [6, 6.07) is 11.6. The van der Waals surface area contributed by atoms with Crippen LogP contribution in [-0.2, 0) is 16.6 Å². The van der Waals surface area contributed by atoms with E-state index >= 15 is 0 Å². The summed E-state index contributed by atoms with van der Waals surface area (Å²) in [6.45, 7) is 1.96. The molecule has 34 heavy (non-hydrogen) atoms. The number of carbonyl (C=O) groups is 2. The number of benzene rings is 1. The molecule has 2 aromatic heterocycles. The van der Waals surface area contributed by atoms with E-state index in [0.717, 1.165) is 53.1 Å². The number of pyridine rings is 1. The minimum atomic E-state index is -0.437. The Balaban J connectivity index is 1.25. The molecule has 1 saturated carbocycles. The number of halogens is 1. The summed E-state index contributed by atoms with van der Waals surface area (Å²) in [5, 5.41) is 2.43.